The van der Waals surface area contributed by atoms with Gasteiger partial charge in [0.25, 0.3) is 0 Å². The van der Waals surface area contributed by atoms with Crippen molar-refractivity contribution < 1.29 is 15.3 Å². The van der Waals surface area contributed by atoms with Crippen molar-refractivity contribution in [2.75, 3.05) is 6.54 Å². The molecule has 0 unspecified atom stereocenters. The van der Waals surface area contributed by atoms with Gasteiger partial charge < -0.3 is 0 Å². The Kier molecular flexibility index (Phi) is 22.8. The van der Waals surface area contributed by atoms with Gasteiger partial charge in [-0.25, -0.2) is 10.1 Å². The molecule has 85 valence electrons. The van der Waals surface area contributed by atoms with E-state index in [9.17, 15) is 10.1 Å². The zero-order valence-electron chi connectivity index (χ0n) is 8.56. The summed E-state index contributed by atoms with van der Waals surface area (Å²) in [5.74, 6) is 0. The first-order valence-corrected chi connectivity index (χ1v) is 4.11. The molecule has 0 aliphatic carbocycles. The SMILES string of the molecule is CCCC.CCN[N+](=O)[O-].[O][N+](=O)[O-]. The average Bonchev–Trinajstić information content (AvgIpc) is 2.03. The van der Waals surface area contributed by atoms with Gasteiger partial charge in [0.15, 0.2) is 5.03 Å². The monoisotopic (exact) mass is 210 g/mol. The summed E-state index contributed by atoms with van der Waals surface area (Å²) in [6, 6.07) is 0. The van der Waals surface area contributed by atoms with Gasteiger partial charge in [-0.05, 0) is 6.92 Å². The second-order valence-electron chi connectivity index (χ2n) is 1.99. The van der Waals surface area contributed by atoms with E-state index in [4.69, 9.17) is 15.3 Å². The van der Waals surface area contributed by atoms with E-state index in [1.807, 2.05) is 5.43 Å². The molecule has 0 rings (SSSR count). The summed E-state index contributed by atoms with van der Waals surface area (Å²) in [7, 11) is 0. The Balaban J connectivity index is -0.000000135. The van der Waals surface area contributed by atoms with Crippen molar-refractivity contribution in [3.05, 3.63) is 20.2 Å². The first-order chi connectivity index (χ1) is 6.42. The second kappa shape index (κ2) is 17.5. The fourth-order valence-corrected chi connectivity index (χ4v) is 0.129. The Morgan fingerprint density at radius 3 is 1.36 bits per heavy atom. The van der Waals surface area contributed by atoms with Crippen LogP contribution in [0.5, 0.6) is 0 Å². The van der Waals surface area contributed by atoms with Gasteiger partial charge in [-0.1, -0.05) is 26.7 Å². The number of nitrogens with one attached hydrogen (secondary N) is 1. The maximum Gasteiger partial charge on any atom is 0.322 e. The quantitative estimate of drug-likeness (QED) is 0.554. The van der Waals surface area contributed by atoms with Crippen LogP contribution in [-0.2, 0) is 5.21 Å². The molecule has 0 atom stereocenters. The Hall–Kier alpha value is -1.60. The minimum atomic E-state index is -1.75. The molecule has 1 radical (unpaired) electrons. The maximum absolute atomic E-state index is 9.29. The van der Waals surface area contributed by atoms with Gasteiger partial charge in [0.1, 0.15) is 0 Å². The van der Waals surface area contributed by atoms with E-state index in [0.717, 1.165) is 0 Å². The Bertz CT molecular complexity index is 135. The van der Waals surface area contributed by atoms with E-state index in [0.29, 0.717) is 6.54 Å². The minimum absolute atomic E-state index is 0.382. The van der Waals surface area contributed by atoms with Crippen molar-refractivity contribution in [3.63, 3.8) is 0 Å². The molecule has 0 aromatic rings. The van der Waals surface area contributed by atoms with Crippen molar-refractivity contribution in [1.82, 2.24) is 5.43 Å². The topological polar surface area (TPSA) is 118 Å². The minimum Gasteiger partial charge on any atom is -0.235 e. The molecule has 1 N–H and O–H groups in total. The van der Waals surface area contributed by atoms with E-state index < -0.39 is 10.1 Å². The fourth-order valence-electron chi connectivity index (χ4n) is 0.129. The summed E-state index contributed by atoms with van der Waals surface area (Å²) in [6.07, 6.45) is 2.64. The van der Waals surface area contributed by atoms with E-state index in [1.54, 1.807) is 6.92 Å². The molecule has 0 spiro atoms. The highest BCUT2D eigenvalue weighted by Crippen LogP contribution is 1.76. The predicted molar refractivity (Wildman–Crippen MR) is 48.9 cm³/mol. The first kappa shape index (κ1) is 18.2. The largest absolute Gasteiger partial charge is 0.322 e. The molecule has 0 saturated heterocycles. The van der Waals surface area contributed by atoms with Crippen molar-refractivity contribution in [2.24, 2.45) is 0 Å². The van der Waals surface area contributed by atoms with E-state index in [-0.39, 0.29) is 0 Å². The normalized spacial score (nSPS) is 7.07. The number of hydrogen-bond donors (Lipinski definition) is 1. The Morgan fingerprint density at radius 1 is 1.07 bits per heavy atom. The number of rotatable bonds is 3. The molecular formula is C6H16N3O5. The van der Waals surface area contributed by atoms with Crippen LogP contribution < -0.4 is 5.43 Å². The zero-order chi connectivity index (χ0) is 12.0. The molecule has 0 bridgehead atoms. The maximum atomic E-state index is 9.29. The zero-order valence-corrected chi connectivity index (χ0v) is 8.56. The fraction of sp³-hybridized carbons (Fsp3) is 1.00. The molecule has 0 heterocycles. The van der Waals surface area contributed by atoms with Crippen LogP contribution in [0.1, 0.15) is 33.6 Å². The molecule has 0 aliphatic heterocycles. The van der Waals surface area contributed by atoms with Gasteiger partial charge in [0.2, 0.25) is 0 Å². The highest BCUT2D eigenvalue weighted by Gasteiger charge is 1.80. The standard InChI is InChI=1S/C4H10.C2H6N2O2.NO3/c1-3-4-2;1-2-3-4(5)6;2-1(3)4/h3-4H2,1-2H3;3H,2H2,1H3;. The molecule has 8 heteroatoms. The van der Waals surface area contributed by atoms with Gasteiger partial charge in [-0.2, -0.15) is 0 Å². The number of nitro groups is 1. The van der Waals surface area contributed by atoms with Crippen LogP contribution in [0, 0.1) is 20.2 Å². The molecule has 14 heavy (non-hydrogen) atoms. The third-order valence-corrected chi connectivity index (χ3v) is 0.787. The summed E-state index contributed by atoms with van der Waals surface area (Å²) < 4.78 is 0. The van der Waals surface area contributed by atoms with Crippen LogP contribution in [-0.4, -0.2) is 16.7 Å². The number of hydrogen-bond acceptors (Lipinski definition) is 4. The second-order valence-corrected chi connectivity index (χ2v) is 1.99. The van der Waals surface area contributed by atoms with Crippen molar-refractivity contribution >= 4 is 0 Å². The highest BCUT2D eigenvalue weighted by atomic mass is 16.9. The molecular weight excluding hydrogens is 194 g/mol. The molecule has 0 aromatic carbocycles. The molecule has 0 fully saturated rings. The van der Waals surface area contributed by atoms with Crippen LogP contribution in [0.4, 0.5) is 0 Å². The molecule has 0 amide bonds. The van der Waals surface area contributed by atoms with Gasteiger partial charge >= 0.3 is 5.09 Å². The lowest BCUT2D eigenvalue weighted by Crippen LogP contribution is -2.19. The lowest BCUT2D eigenvalue weighted by molar-refractivity contribution is -0.782. The van der Waals surface area contributed by atoms with Crippen molar-refractivity contribution in [3.8, 4) is 0 Å². The third kappa shape index (κ3) is 160. The summed E-state index contributed by atoms with van der Waals surface area (Å²) in [5, 5.41) is 23.5. The first-order valence-electron chi connectivity index (χ1n) is 4.11. The van der Waals surface area contributed by atoms with Gasteiger partial charge in [-0.3, -0.25) is 0 Å². The van der Waals surface area contributed by atoms with Crippen LogP contribution >= 0.6 is 0 Å². The predicted octanol–water partition coefficient (Wildman–Crippen LogP) is 1.20. The number of nitrogens with zero attached hydrogens (tertiary/aromatic N) is 2. The summed E-state index contributed by atoms with van der Waals surface area (Å²) in [5.41, 5.74) is 1.93. The lowest BCUT2D eigenvalue weighted by atomic mass is 10.4. The third-order valence-electron chi connectivity index (χ3n) is 0.787. The highest BCUT2D eigenvalue weighted by molar-refractivity contribution is 4.12. The van der Waals surface area contributed by atoms with E-state index in [2.05, 4.69) is 13.8 Å². The van der Waals surface area contributed by atoms with Crippen LogP contribution in [0.15, 0.2) is 0 Å². The van der Waals surface area contributed by atoms with Crippen molar-refractivity contribution in [1.29, 1.82) is 0 Å². The van der Waals surface area contributed by atoms with Crippen LogP contribution in [0.25, 0.3) is 0 Å². The Labute approximate surface area is 82.1 Å². The number of hydrazine groups is 1. The van der Waals surface area contributed by atoms with Crippen LogP contribution in [0.2, 0.25) is 0 Å². The summed E-state index contributed by atoms with van der Waals surface area (Å²) in [6.45, 7) is 6.41. The molecule has 0 saturated carbocycles. The van der Waals surface area contributed by atoms with Gasteiger partial charge in [0, 0.05) is 0 Å². The van der Waals surface area contributed by atoms with Gasteiger partial charge in [0.05, 0.1) is 6.54 Å². The molecule has 0 aromatic heterocycles. The summed E-state index contributed by atoms with van der Waals surface area (Å²) >= 11 is 0. The smallest absolute Gasteiger partial charge is 0.235 e. The van der Waals surface area contributed by atoms with E-state index >= 15 is 0 Å². The van der Waals surface area contributed by atoms with Crippen LogP contribution in [0.3, 0.4) is 0 Å². The average molecular weight is 210 g/mol. The van der Waals surface area contributed by atoms with Crippen molar-refractivity contribution in [2.45, 2.75) is 33.6 Å². The number of unbranched alkanes of at least 4 members (excludes halogenated alkanes) is 1. The molecule has 8 nitrogen and oxygen atoms in total. The molecule has 0 aliphatic rings. The Morgan fingerprint density at radius 2 is 1.36 bits per heavy atom. The lowest BCUT2D eigenvalue weighted by Gasteiger charge is -1.83. The van der Waals surface area contributed by atoms with Gasteiger partial charge in [-0.15, -0.1) is 20.7 Å². The van der Waals surface area contributed by atoms with E-state index in [1.165, 1.54) is 12.8 Å². The summed E-state index contributed by atoms with van der Waals surface area (Å²) in [4.78, 5) is 17.5.